The van der Waals surface area contributed by atoms with Crippen molar-refractivity contribution < 1.29 is 14.3 Å². The van der Waals surface area contributed by atoms with Crippen LogP contribution in [0.3, 0.4) is 0 Å². The molecule has 3 aromatic rings. The van der Waals surface area contributed by atoms with Crippen molar-refractivity contribution in [3.05, 3.63) is 66.7 Å². The van der Waals surface area contributed by atoms with Gasteiger partial charge in [0.1, 0.15) is 5.75 Å². The number of amides is 1. The van der Waals surface area contributed by atoms with Crippen LogP contribution in [0.25, 0.3) is 11.4 Å². The molecule has 8 heteroatoms. The number of carbonyl (C=O) groups is 2. The number of methoxy groups -OCH3 is 1. The molecule has 1 amide bonds. The Labute approximate surface area is 191 Å². The normalized spacial score (nSPS) is 13.4. The van der Waals surface area contributed by atoms with Crippen LogP contribution in [0, 0.1) is 0 Å². The third kappa shape index (κ3) is 4.45. The van der Waals surface area contributed by atoms with Gasteiger partial charge in [0, 0.05) is 30.8 Å². The van der Waals surface area contributed by atoms with Crippen molar-refractivity contribution in [3.63, 3.8) is 0 Å². The minimum Gasteiger partial charge on any atom is -0.496 e. The summed E-state index contributed by atoms with van der Waals surface area (Å²) >= 11 is 1.34. The Morgan fingerprint density at radius 3 is 2.66 bits per heavy atom. The van der Waals surface area contributed by atoms with Gasteiger partial charge in [0.2, 0.25) is 5.91 Å². The predicted molar refractivity (Wildman–Crippen MR) is 125 cm³/mol. The molecule has 1 fully saturated rings. The van der Waals surface area contributed by atoms with E-state index in [1.165, 1.54) is 11.8 Å². The number of rotatable bonds is 9. The van der Waals surface area contributed by atoms with E-state index >= 15 is 0 Å². The summed E-state index contributed by atoms with van der Waals surface area (Å²) < 4.78 is 7.38. The molecule has 0 N–H and O–H groups in total. The smallest absolute Gasteiger partial charge is 0.227 e. The van der Waals surface area contributed by atoms with Crippen LogP contribution >= 0.6 is 11.8 Å². The first-order chi connectivity index (χ1) is 15.6. The predicted octanol–water partition coefficient (Wildman–Crippen LogP) is 4.24. The fraction of sp³-hybridized carbons (Fsp3) is 0.250. The van der Waals surface area contributed by atoms with Gasteiger partial charge in [0.25, 0.3) is 0 Å². The standard InChI is InChI=1S/C24H24N4O3S/c1-3-14-28-23(19-7-4-5-8-21(19)31-2)25-26-24(28)32-16-20(29)17-10-12-18(13-11-17)27-15-6-9-22(27)30/h3-5,7-8,10-13H,1,6,9,14-16H2,2H3. The van der Waals surface area contributed by atoms with Gasteiger partial charge < -0.3 is 9.64 Å². The molecule has 164 valence electrons. The first kappa shape index (κ1) is 21.8. The molecule has 2 aromatic carbocycles. The summed E-state index contributed by atoms with van der Waals surface area (Å²) in [4.78, 5) is 26.4. The quantitative estimate of drug-likeness (QED) is 0.277. The SMILES string of the molecule is C=CCn1c(SCC(=O)c2ccc(N3CCCC3=O)cc2)nnc1-c1ccccc1OC. The van der Waals surface area contributed by atoms with Gasteiger partial charge >= 0.3 is 0 Å². The highest BCUT2D eigenvalue weighted by Crippen LogP contribution is 2.31. The molecule has 7 nitrogen and oxygen atoms in total. The van der Waals surface area contributed by atoms with Crippen LogP contribution in [0.4, 0.5) is 5.69 Å². The van der Waals surface area contributed by atoms with Gasteiger partial charge in [0.05, 0.1) is 18.4 Å². The van der Waals surface area contributed by atoms with E-state index in [0.717, 1.165) is 24.2 Å². The summed E-state index contributed by atoms with van der Waals surface area (Å²) in [6, 6.07) is 14.8. The summed E-state index contributed by atoms with van der Waals surface area (Å²) in [6.45, 7) is 5.07. The Bertz CT molecular complexity index is 1140. The number of hydrogen-bond acceptors (Lipinski definition) is 6. The highest BCUT2D eigenvalue weighted by Gasteiger charge is 2.22. The molecule has 2 heterocycles. The van der Waals surface area contributed by atoms with Crippen molar-refractivity contribution in [2.75, 3.05) is 24.3 Å². The van der Waals surface area contributed by atoms with Gasteiger partial charge in [-0.2, -0.15) is 0 Å². The van der Waals surface area contributed by atoms with Crippen LogP contribution in [-0.4, -0.2) is 45.9 Å². The highest BCUT2D eigenvalue weighted by molar-refractivity contribution is 7.99. The van der Waals surface area contributed by atoms with E-state index in [9.17, 15) is 9.59 Å². The van der Waals surface area contributed by atoms with Gasteiger partial charge in [-0.25, -0.2) is 0 Å². The number of ether oxygens (including phenoxy) is 1. The van der Waals surface area contributed by atoms with Crippen molar-refractivity contribution in [3.8, 4) is 17.1 Å². The minimum absolute atomic E-state index is 0.0127. The Hall–Kier alpha value is -3.39. The number of ketones is 1. The number of aromatic nitrogens is 3. The monoisotopic (exact) mass is 448 g/mol. The number of thioether (sulfide) groups is 1. The van der Waals surface area contributed by atoms with Crippen molar-refractivity contribution in [1.29, 1.82) is 0 Å². The maximum absolute atomic E-state index is 12.8. The Morgan fingerprint density at radius 1 is 1.19 bits per heavy atom. The Kier molecular flexibility index (Phi) is 6.70. The second kappa shape index (κ2) is 9.82. The van der Waals surface area contributed by atoms with Gasteiger partial charge in [-0.15, -0.1) is 16.8 Å². The van der Waals surface area contributed by atoms with Gasteiger partial charge in [-0.1, -0.05) is 30.0 Å². The molecule has 1 aromatic heterocycles. The third-order valence-electron chi connectivity index (χ3n) is 5.28. The summed E-state index contributed by atoms with van der Waals surface area (Å²) in [5.41, 5.74) is 2.27. The second-order valence-corrected chi connectivity index (χ2v) is 8.26. The molecule has 32 heavy (non-hydrogen) atoms. The molecule has 0 radical (unpaired) electrons. The molecule has 0 atom stereocenters. The zero-order chi connectivity index (χ0) is 22.5. The van der Waals surface area contributed by atoms with Crippen LogP contribution < -0.4 is 9.64 Å². The van der Waals surface area contributed by atoms with Crippen molar-refractivity contribution in [2.24, 2.45) is 0 Å². The number of allylic oxidation sites excluding steroid dienone is 1. The zero-order valence-electron chi connectivity index (χ0n) is 17.9. The highest BCUT2D eigenvalue weighted by atomic mass is 32.2. The maximum Gasteiger partial charge on any atom is 0.227 e. The van der Waals surface area contributed by atoms with Crippen molar-refractivity contribution in [2.45, 2.75) is 24.5 Å². The Balaban J connectivity index is 1.48. The average Bonchev–Trinajstić information content (AvgIpc) is 3.43. The van der Waals surface area contributed by atoms with Crippen LogP contribution in [-0.2, 0) is 11.3 Å². The van der Waals surface area contributed by atoms with E-state index in [4.69, 9.17) is 4.74 Å². The molecule has 4 rings (SSSR count). The molecular formula is C24H24N4O3S. The van der Waals surface area contributed by atoms with Crippen molar-refractivity contribution in [1.82, 2.24) is 14.8 Å². The molecule has 0 saturated carbocycles. The molecule has 1 aliphatic rings. The first-order valence-electron chi connectivity index (χ1n) is 10.4. The Morgan fingerprint density at radius 2 is 1.97 bits per heavy atom. The fourth-order valence-corrected chi connectivity index (χ4v) is 4.52. The lowest BCUT2D eigenvalue weighted by atomic mass is 10.1. The topological polar surface area (TPSA) is 77.3 Å². The van der Waals surface area contributed by atoms with E-state index in [1.807, 2.05) is 41.0 Å². The maximum atomic E-state index is 12.8. The molecule has 0 spiro atoms. The van der Waals surface area contributed by atoms with Crippen LogP contribution in [0.5, 0.6) is 5.75 Å². The summed E-state index contributed by atoms with van der Waals surface area (Å²) in [5.74, 6) is 1.71. The van der Waals surface area contributed by atoms with E-state index < -0.39 is 0 Å². The van der Waals surface area contributed by atoms with E-state index in [2.05, 4.69) is 16.8 Å². The van der Waals surface area contributed by atoms with E-state index in [0.29, 0.717) is 35.3 Å². The molecular weight excluding hydrogens is 424 g/mol. The van der Waals surface area contributed by atoms with Crippen LogP contribution in [0.15, 0.2) is 66.3 Å². The number of nitrogens with zero attached hydrogens (tertiary/aromatic N) is 4. The van der Waals surface area contributed by atoms with Crippen LogP contribution in [0.1, 0.15) is 23.2 Å². The first-order valence-corrected chi connectivity index (χ1v) is 11.3. The van der Waals surface area contributed by atoms with Gasteiger partial charge in [-0.05, 0) is 42.8 Å². The number of hydrogen-bond donors (Lipinski definition) is 0. The number of carbonyl (C=O) groups excluding carboxylic acids is 2. The molecule has 0 unspecified atom stereocenters. The molecule has 0 bridgehead atoms. The number of anilines is 1. The molecule has 0 aliphatic carbocycles. The molecule has 1 saturated heterocycles. The third-order valence-corrected chi connectivity index (χ3v) is 6.25. The number of para-hydroxylation sites is 1. The fourth-order valence-electron chi connectivity index (χ4n) is 3.68. The lowest BCUT2D eigenvalue weighted by Crippen LogP contribution is -2.23. The largest absolute Gasteiger partial charge is 0.496 e. The second-order valence-electron chi connectivity index (χ2n) is 7.31. The zero-order valence-corrected chi connectivity index (χ0v) is 18.7. The minimum atomic E-state index is -0.0127. The number of benzene rings is 2. The van der Waals surface area contributed by atoms with Gasteiger partial charge in [0.15, 0.2) is 16.8 Å². The lowest BCUT2D eigenvalue weighted by Gasteiger charge is -2.15. The summed E-state index contributed by atoms with van der Waals surface area (Å²) in [6.07, 6.45) is 3.23. The van der Waals surface area contributed by atoms with E-state index in [-0.39, 0.29) is 17.4 Å². The molecule has 1 aliphatic heterocycles. The number of Topliss-reactive ketones (excluding diaryl/α,β-unsaturated/α-hetero) is 1. The van der Waals surface area contributed by atoms with E-state index in [1.54, 1.807) is 30.2 Å². The summed E-state index contributed by atoms with van der Waals surface area (Å²) in [7, 11) is 1.62. The summed E-state index contributed by atoms with van der Waals surface area (Å²) in [5, 5.41) is 9.28. The van der Waals surface area contributed by atoms with Crippen molar-refractivity contribution >= 4 is 29.1 Å². The average molecular weight is 449 g/mol. The van der Waals surface area contributed by atoms with Crippen LogP contribution in [0.2, 0.25) is 0 Å². The lowest BCUT2D eigenvalue weighted by molar-refractivity contribution is -0.117. The van der Waals surface area contributed by atoms with Gasteiger partial charge in [-0.3, -0.25) is 14.2 Å².